The average molecular weight is 463 g/mol. The first-order valence-electron chi connectivity index (χ1n) is 10.5. The second kappa shape index (κ2) is 11.1. The molecule has 1 aromatic heterocycles. The summed E-state index contributed by atoms with van der Waals surface area (Å²) < 4.78 is 27.5. The fourth-order valence-corrected chi connectivity index (χ4v) is 5.30. The van der Waals surface area contributed by atoms with Crippen molar-refractivity contribution in [1.29, 1.82) is 0 Å². The highest BCUT2D eigenvalue weighted by Crippen LogP contribution is 2.21. The van der Waals surface area contributed by atoms with Gasteiger partial charge in [-0.1, -0.05) is 49.0 Å². The Kier molecular flexibility index (Phi) is 8.48. The summed E-state index contributed by atoms with van der Waals surface area (Å²) in [6, 6.07) is 13.6. The summed E-state index contributed by atoms with van der Waals surface area (Å²) >= 11 is 1.30. The van der Waals surface area contributed by atoms with Crippen LogP contribution >= 0.6 is 11.8 Å². The molecule has 1 fully saturated rings. The van der Waals surface area contributed by atoms with Gasteiger partial charge >= 0.3 is 0 Å². The number of thioether (sulfide) groups is 1. The first-order valence-corrected chi connectivity index (χ1v) is 13.0. The molecule has 0 radical (unpaired) electrons. The van der Waals surface area contributed by atoms with E-state index >= 15 is 0 Å². The van der Waals surface area contributed by atoms with E-state index in [-0.39, 0.29) is 22.6 Å². The van der Waals surface area contributed by atoms with E-state index in [4.69, 9.17) is 0 Å². The van der Waals surface area contributed by atoms with Crippen LogP contribution < -0.4 is 5.32 Å². The summed E-state index contributed by atoms with van der Waals surface area (Å²) in [7, 11) is -3.57. The van der Waals surface area contributed by atoms with Crippen LogP contribution in [0.25, 0.3) is 0 Å². The highest BCUT2D eigenvalue weighted by molar-refractivity contribution is 7.99. The van der Waals surface area contributed by atoms with Crippen molar-refractivity contribution in [1.82, 2.24) is 19.5 Å². The molecule has 0 bridgehead atoms. The maximum Gasteiger partial charge on any atom is 0.244 e. The minimum atomic E-state index is -3.57. The van der Waals surface area contributed by atoms with Crippen molar-refractivity contribution in [2.75, 3.05) is 31.9 Å². The lowest BCUT2D eigenvalue weighted by molar-refractivity contribution is -0.119. The van der Waals surface area contributed by atoms with Gasteiger partial charge in [0.15, 0.2) is 0 Å². The molecule has 0 aliphatic carbocycles. The molecule has 1 amide bonds. The van der Waals surface area contributed by atoms with E-state index in [1.807, 2.05) is 32.0 Å². The van der Waals surface area contributed by atoms with Crippen LogP contribution in [0.5, 0.6) is 0 Å². The van der Waals surface area contributed by atoms with Gasteiger partial charge in [-0.3, -0.25) is 9.69 Å². The van der Waals surface area contributed by atoms with Gasteiger partial charge in [0.25, 0.3) is 0 Å². The Bertz CT molecular complexity index is 944. The first-order chi connectivity index (χ1) is 14.9. The van der Waals surface area contributed by atoms with Crippen LogP contribution in [0.1, 0.15) is 25.8 Å². The van der Waals surface area contributed by atoms with Crippen molar-refractivity contribution in [2.45, 2.75) is 42.8 Å². The van der Waals surface area contributed by atoms with Crippen LogP contribution in [0.2, 0.25) is 0 Å². The van der Waals surface area contributed by atoms with E-state index in [1.165, 1.54) is 27.8 Å². The second-order valence-electron chi connectivity index (χ2n) is 7.66. The molecule has 2 heterocycles. The number of benzene rings is 1. The molecular formula is C22H30N4O3S2. The lowest BCUT2D eigenvalue weighted by Gasteiger charge is -2.33. The number of hydrogen-bond donors (Lipinski definition) is 1. The van der Waals surface area contributed by atoms with Crippen molar-refractivity contribution in [3.05, 3.63) is 54.2 Å². The number of sulfonamides is 1. The molecule has 1 unspecified atom stereocenters. The van der Waals surface area contributed by atoms with E-state index in [2.05, 4.69) is 27.3 Å². The van der Waals surface area contributed by atoms with E-state index in [0.29, 0.717) is 31.2 Å². The number of carbonyl (C=O) groups excluding carboxylic acids is 1. The Hall–Kier alpha value is -1.94. The Morgan fingerprint density at radius 2 is 1.84 bits per heavy atom. The Balaban J connectivity index is 1.52. The molecule has 1 atom stereocenters. The molecule has 3 rings (SSSR count). The van der Waals surface area contributed by atoms with Crippen molar-refractivity contribution in [3.63, 3.8) is 0 Å². The van der Waals surface area contributed by atoms with E-state index < -0.39 is 10.0 Å². The fourth-order valence-electron chi connectivity index (χ4n) is 3.28. The van der Waals surface area contributed by atoms with Crippen LogP contribution in [0, 0.1) is 0 Å². The monoisotopic (exact) mass is 462 g/mol. The molecule has 1 aliphatic rings. The third-order valence-electron chi connectivity index (χ3n) is 5.30. The molecule has 0 spiro atoms. The number of piperazine rings is 1. The van der Waals surface area contributed by atoms with Crippen molar-refractivity contribution in [3.8, 4) is 0 Å². The summed E-state index contributed by atoms with van der Waals surface area (Å²) in [6.45, 7) is 7.11. The largest absolute Gasteiger partial charge is 0.353 e. The summed E-state index contributed by atoms with van der Waals surface area (Å²) in [5, 5.41) is 3.53. The van der Waals surface area contributed by atoms with Gasteiger partial charge in [0.05, 0.1) is 10.8 Å². The minimum Gasteiger partial charge on any atom is -0.353 e. The lowest BCUT2D eigenvalue weighted by atomic mass is 10.2. The number of nitrogens with zero attached hydrogens (tertiary/aromatic N) is 3. The minimum absolute atomic E-state index is 0.0498. The summed E-state index contributed by atoms with van der Waals surface area (Å²) in [5.74, 6) is 0.207. The van der Waals surface area contributed by atoms with Crippen molar-refractivity contribution < 1.29 is 13.2 Å². The maximum absolute atomic E-state index is 13.0. The summed E-state index contributed by atoms with van der Waals surface area (Å²) in [6.07, 6.45) is 2.27. The number of pyridine rings is 1. The summed E-state index contributed by atoms with van der Waals surface area (Å²) in [5.41, 5.74) is 1.23. The Morgan fingerprint density at radius 1 is 1.13 bits per heavy atom. The van der Waals surface area contributed by atoms with Crippen LogP contribution in [0.3, 0.4) is 0 Å². The van der Waals surface area contributed by atoms with Gasteiger partial charge in [-0.25, -0.2) is 13.4 Å². The van der Waals surface area contributed by atoms with Crippen LogP contribution in [-0.2, 0) is 21.4 Å². The lowest BCUT2D eigenvalue weighted by Crippen LogP contribution is -2.48. The Morgan fingerprint density at radius 3 is 2.45 bits per heavy atom. The maximum atomic E-state index is 13.0. The van der Waals surface area contributed by atoms with E-state index in [0.717, 1.165) is 13.0 Å². The third-order valence-corrected chi connectivity index (χ3v) is 8.12. The quantitative estimate of drug-likeness (QED) is 0.577. The van der Waals surface area contributed by atoms with Crippen LogP contribution in [0.15, 0.2) is 58.6 Å². The zero-order valence-corrected chi connectivity index (χ0v) is 19.7. The number of amides is 1. The molecule has 1 aromatic carbocycles. The van der Waals surface area contributed by atoms with Crippen molar-refractivity contribution >= 4 is 27.7 Å². The van der Waals surface area contributed by atoms with Crippen molar-refractivity contribution in [2.24, 2.45) is 0 Å². The zero-order chi connectivity index (χ0) is 22.3. The molecule has 0 saturated carbocycles. The topological polar surface area (TPSA) is 82.6 Å². The van der Waals surface area contributed by atoms with Gasteiger partial charge in [0.1, 0.15) is 4.90 Å². The highest BCUT2D eigenvalue weighted by Gasteiger charge is 2.28. The zero-order valence-electron chi connectivity index (χ0n) is 18.0. The summed E-state index contributed by atoms with van der Waals surface area (Å²) in [4.78, 5) is 18.6. The predicted octanol–water partition coefficient (Wildman–Crippen LogP) is 2.59. The number of carbonyl (C=O) groups is 1. The van der Waals surface area contributed by atoms with E-state index in [1.54, 1.807) is 12.1 Å². The van der Waals surface area contributed by atoms with Gasteiger partial charge in [-0.05, 0) is 31.0 Å². The molecule has 1 N–H and O–H groups in total. The molecule has 1 saturated heterocycles. The Labute approximate surface area is 189 Å². The molecule has 7 nitrogen and oxygen atoms in total. The first kappa shape index (κ1) is 23.7. The predicted molar refractivity (Wildman–Crippen MR) is 123 cm³/mol. The van der Waals surface area contributed by atoms with Gasteiger partial charge in [-0.2, -0.15) is 4.31 Å². The molecule has 2 aromatic rings. The molecule has 1 aliphatic heterocycles. The number of aromatic nitrogens is 1. The molecule has 31 heavy (non-hydrogen) atoms. The van der Waals surface area contributed by atoms with Gasteiger partial charge < -0.3 is 5.32 Å². The molecular weight excluding hydrogens is 432 g/mol. The number of nitrogens with one attached hydrogen (secondary N) is 1. The second-order valence-corrected chi connectivity index (χ2v) is 10.6. The van der Waals surface area contributed by atoms with Crippen LogP contribution in [-0.4, -0.2) is 66.5 Å². The van der Waals surface area contributed by atoms with Crippen LogP contribution in [0.4, 0.5) is 0 Å². The highest BCUT2D eigenvalue weighted by atomic mass is 32.2. The standard InChI is InChI=1S/C22H30N4O3S2/c1-3-18(2)24-21(27)17-30-22-10-9-20(15-23-22)31(28,29)26-13-11-25(12-14-26)16-19-7-5-4-6-8-19/h4-10,15,18H,3,11-14,16-17H2,1-2H3,(H,24,27). The normalized spacial score (nSPS) is 16.7. The molecule has 9 heteroatoms. The average Bonchev–Trinajstić information content (AvgIpc) is 2.79. The SMILES string of the molecule is CCC(C)NC(=O)CSc1ccc(S(=O)(=O)N2CCN(Cc3ccccc3)CC2)cn1. The third kappa shape index (κ3) is 6.77. The van der Waals surface area contributed by atoms with Gasteiger partial charge in [0.2, 0.25) is 15.9 Å². The number of hydrogen-bond acceptors (Lipinski definition) is 6. The number of rotatable bonds is 9. The molecule has 168 valence electrons. The van der Waals surface area contributed by atoms with Gasteiger partial charge in [-0.15, -0.1) is 0 Å². The van der Waals surface area contributed by atoms with E-state index in [9.17, 15) is 13.2 Å². The fraction of sp³-hybridized carbons (Fsp3) is 0.455. The smallest absolute Gasteiger partial charge is 0.244 e. The van der Waals surface area contributed by atoms with Gasteiger partial charge in [0, 0.05) is 45.0 Å².